The molecule has 0 heterocycles. The molecule has 17 heavy (non-hydrogen) atoms. The molecule has 1 atom stereocenters. The highest BCUT2D eigenvalue weighted by Crippen LogP contribution is 2.17. The normalized spacial score (nSPS) is 13.8. The Morgan fingerprint density at radius 3 is 2.41 bits per heavy atom. The third-order valence-electron chi connectivity index (χ3n) is 2.87. The third-order valence-corrected chi connectivity index (χ3v) is 2.87. The summed E-state index contributed by atoms with van der Waals surface area (Å²) in [6.45, 7) is 12.8. The first-order chi connectivity index (χ1) is 7.87. The van der Waals surface area contributed by atoms with Crippen molar-refractivity contribution in [3.8, 4) is 0 Å². The van der Waals surface area contributed by atoms with Crippen LogP contribution < -0.4 is 5.73 Å². The SMILES string of the molecule is CCCN(CC(C)(C)CN)C(C)C(=O)OCC. The van der Waals surface area contributed by atoms with Gasteiger partial charge >= 0.3 is 5.97 Å². The average Bonchev–Trinajstić information content (AvgIpc) is 2.27. The van der Waals surface area contributed by atoms with Crippen molar-refractivity contribution in [3.63, 3.8) is 0 Å². The number of hydrogen-bond acceptors (Lipinski definition) is 4. The van der Waals surface area contributed by atoms with Gasteiger partial charge < -0.3 is 10.5 Å². The highest BCUT2D eigenvalue weighted by Gasteiger charge is 2.27. The van der Waals surface area contributed by atoms with Crippen molar-refractivity contribution in [1.82, 2.24) is 4.90 Å². The van der Waals surface area contributed by atoms with Crippen LogP contribution in [0.15, 0.2) is 0 Å². The van der Waals surface area contributed by atoms with Gasteiger partial charge in [0.1, 0.15) is 6.04 Å². The molecule has 102 valence electrons. The van der Waals surface area contributed by atoms with E-state index in [0.717, 1.165) is 19.5 Å². The van der Waals surface area contributed by atoms with Crippen molar-refractivity contribution in [3.05, 3.63) is 0 Å². The van der Waals surface area contributed by atoms with Crippen molar-refractivity contribution >= 4 is 5.97 Å². The van der Waals surface area contributed by atoms with Gasteiger partial charge in [0.2, 0.25) is 0 Å². The molecule has 0 aromatic carbocycles. The van der Waals surface area contributed by atoms with E-state index in [0.29, 0.717) is 13.2 Å². The summed E-state index contributed by atoms with van der Waals surface area (Å²) >= 11 is 0. The molecule has 0 aliphatic heterocycles. The van der Waals surface area contributed by atoms with E-state index in [1.54, 1.807) is 0 Å². The molecule has 0 fully saturated rings. The minimum absolute atomic E-state index is 0.0237. The molecular weight excluding hydrogens is 216 g/mol. The Bertz CT molecular complexity index is 229. The minimum atomic E-state index is -0.194. The summed E-state index contributed by atoms with van der Waals surface area (Å²) in [6.07, 6.45) is 1.02. The fourth-order valence-corrected chi connectivity index (χ4v) is 1.72. The number of esters is 1. The first-order valence-electron chi connectivity index (χ1n) is 6.48. The van der Waals surface area contributed by atoms with Gasteiger partial charge in [0.25, 0.3) is 0 Å². The molecule has 0 radical (unpaired) electrons. The Kier molecular flexibility index (Phi) is 7.39. The van der Waals surface area contributed by atoms with Gasteiger partial charge in [0, 0.05) is 6.54 Å². The maximum absolute atomic E-state index is 11.7. The van der Waals surface area contributed by atoms with Gasteiger partial charge in [-0.2, -0.15) is 0 Å². The molecule has 0 aromatic heterocycles. The standard InChI is InChI=1S/C13H28N2O2/c1-6-8-15(10-13(4,5)9-14)11(3)12(16)17-7-2/h11H,6-10,14H2,1-5H3. The summed E-state index contributed by atoms with van der Waals surface area (Å²) in [5.41, 5.74) is 5.77. The number of nitrogens with two attached hydrogens (primary N) is 1. The molecule has 0 spiro atoms. The van der Waals surface area contributed by atoms with Crippen LogP contribution in [0, 0.1) is 5.41 Å². The Morgan fingerprint density at radius 2 is 2.00 bits per heavy atom. The van der Waals surface area contributed by atoms with E-state index >= 15 is 0 Å². The molecule has 0 bridgehead atoms. The summed E-state index contributed by atoms with van der Waals surface area (Å²) in [6, 6.07) is -0.194. The first kappa shape index (κ1) is 16.4. The molecular formula is C13H28N2O2. The molecule has 4 heteroatoms. The van der Waals surface area contributed by atoms with E-state index in [1.165, 1.54) is 0 Å². The molecule has 0 saturated heterocycles. The zero-order valence-electron chi connectivity index (χ0n) is 12.0. The topological polar surface area (TPSA) is 55.6 Å². The number of carbonyl (C=O) groups excluding carboxylic acids is 1. The molecule has 1 unspecified atom stereocenters. The zero-order chi connectivity index (χ0) is 13.5. The number of rotatable bonds is 8. The fourth-order valence-electron chi connectivity index (χ4n) is 1.72. The summed E-state index contributed by atoms with van der Waals surface area (Å²) in [4.78, 5) is 13.9. The van der Waals surface area contributed by atoms with Gasteiger partial charge in [-0.3, -0.25) is 9.69 Å². The number of carbonyl (C=O) groups is 1. The summed E-state index contributed by atoms with van der Waals surface area (Å²) in [7, 11) is 0. The molecule has 4 nitrogen and oxygen atoms in total. The minimum Gasteiger partial charge on any atom is -0.465 e. The van der Waals surface area contributed by atoms with Crippen molar-refractivity contribution < 1.29 is 9.53 Å². The highest BCUT2D eigenvalue weighted by molar-refractivity contribution is 5.75. The summed E-state index contributed by atoms with van der Waals surface area (Å²) < 4.78 is 5.07. The second-order valence-electron chi connectivity index (χ2n) is 5.27. The van der Waals surface area contributed by atoms with Crippen LogP contribution >= 0.6 is 0 Å². The van der Waals surface area contributed by atoms with Gasteiger partial charge in [0.15, 0.2) is 0 Å². The predicted molar refractivity (Wildman–Crippen MR) is 70.8 cm³/mol. The van der Waals surface area contributed by atoms with Crippen molar-refractivity contribution in [1.29, 1.82) is 0 Å². The van der Waals surface area contributed by atoms with Crippen molar-refractivity contribution in [2.45, 2.75) is 47.1 Å². The Labute approximate surface area is 105 Å². The van der Waals surface area contributed by atoms with E-state index in [9.17, 15) is 4.79 Å². The third kappa shape index (κ3) is 6.03. The van der Waals surface area contributed by atoms with Crippen LogP contribution in [-0.4, -0.2) is 43.2 Å². The monoisotopic (exact) mass is 244 g/mol. The van der Waals surface area contributed by atoms with Crippen LogP contribution in [0.3, 0.4) is 0 Å². The van der Waals surface area contributed by atoms with E-state index in [-0.39, 0.29) is 17.4 Å². The van der Waals surface area contributed by atoms with Crippen LogP contribution in [0.5, 0.6) is 0 Å². The van der Waals surface area contributed by atoms with Crippen LogP contribution in [0.4, 0.5) is 0 Å². The largest absolute Gasteiger partial charge is 0.465 e. The highest BCUT2D eigenvalue weighted by atomic mass is 16.5. The second kappa shape index (κ2) is 7.67. The fraction of sp³-hybridized carbons (Fsp3) is 0.923. The van der Waals surface area contributed by atoms with Crippen molar-refractivity contribution in [2.75, 3.05) is 26.2 Å². The smallest absolute Gasteiger partial charge is 0.323 e. The molecule has 0 amide bonds. The summed E-state index contributed by atoms with van der Waals surface area (Å²) in [5, 5.41) is 0. The Morgan fingerprint density at radius 1 is 1.41 bits per heavy atom. The lowest BCUT2D eigenvalue weighted by Gasteiger charge is -2.34. The lowest BCUT2D eigenvalue weighted by atomic mass is 9.92. The molecule has 0 rings (SSSR count). The van der Waals surface area contributed by atoms with Crippen LogP contribution in [-0.2, 0) is 9.53 Å². The Hall–Kier alpha value is -0.610. The molecule has 0 saturated carbocycles. The maximum Gasteiger partial charge on any atom is 0.323 e. The lowest BCUT2D eigenvalue weighted by molar-refractivity contribution is -0.149. The molecule has 0 aliphatic carbocycles. The van der Waals surface area contributed by atoms with Gasteiger partial charge in [-0.05, 0) is 38.8 Å². The predicted octanol–water partition coefficient (Wildman–Crippen LogP) is 1.63. The number of hydrogen-bond donors (Lipinski definition) is 1. The van der Waals surface area contributed by atoms with E-state index in [2.05, 4.69) is 25.7 Å². The Balaban J connectivity index is 4.55. The number of nitrogens with zero attached hydrogens (tertiary/aromatic N) is 1. The average molecular weight is 244 g/mol. The van der Waals surface area contributed by atoms with E-state index in [4.69, 9.17) is 10.5 Å². The van der Waals surface area contributed by atoms with Gasteiger partial charge in [-0.1, -0.05) is 20.8 Å². The number of ether oxygens (including phenoxy) is 1. The van der Waals surface area contributed by atoms with Gasteiger partial charge in [-0.25, -0.2) is 0 Å². The van der Waals surface area contributed by atoms with Crippen molar-refractivity contribution in [2.24, 2.45) is 11.1 Å². The lowest BCUT2D eigenvalue weighted by Crippen LogP contribution is -2.47. The van der Waals surface area contributed by atoms with Gasteiger partial charge in [-0.15, -0.1) is 0 Å². The molecule has 2 N–H and O–H groups in total. The van der Waals surface area contributed by atoms with Crippen LogP contribution in [0.2, 0.25) is 0 Å². The van der Waals surface area contributed by atoms with Crippen LogP contribution in [0.1, 0.15) is 41.0 Å². The maximum atomic E-state index is 11.7. The summed E-state index contributed by atoms with van der Waals surface area (Å²) in [5.74, 6) is -0.145. The van der Waals surface area contributed by atoms with Crippen LogP contribution in [0.25, 0.3) is 0 Å². The second-order valence-corrected chi connectivity index (χ2v) is 5.27. The quantitative estimate of drug-likeness (QED) is 0.659. The molecule has 0 aliphatic rings. The molecule has 0 aromatic rings. The van der Waals surface area contributed by atoms with E-state index in [1.807, 2.05) is 13.8 Å². The van der Waals surface area contributed by atoms with E-state index < -0.39 is 0 Å². The first-order valence-corrected chi connectivity index (χ1v) is 6.48. The van der Waals surface area contributed by atoms with Gasteiger partial charge in [0.05, 0.1) is 6.61 Å². The zero-order valence-corrected chi connectivity index (χ0v) is 12.0.